The van der Waals surface area contributed by atoms with Gasteiger partial charge < -0.3 is 20.7 Å². The van der Waals surface area contributed by atoms with Crippen molar-refractivity contribution in [2.45, 2.75) is 20.3 Å². The molecule has 0 saturated heterocycles. The van der Waals surface area contributed by atoms with Crippen LogP contribution in [0.5, 0.6) is 5.75 Å². The number of benzene rings is 2. The quantitative estimate of drug-likeness (QED) is 0.547. The number of hydrogen-bond donors (Lipinski definition) is 3. The molecule has 28 heavy (non-hydrogen) atoms. The molecule has 3 N–H and O–H groups in total. The maximum atomic E-state index is 12.3. The average molecular weight is 381 g/mol. The van der Waals surface area contributed by atoms with E-state index in [9.17, 15) is 9.59 Å². The summed E-state index contributed by atoms with van der Waals surface area (Å²) in [6.07, 6.45) is 0.876. The van der Waals surface area contributed by atoms with Crippen molar-refractivity contribution in [2.75, 3.05) is 30.3 Å². The van der Waals surface area contributed by atoms with Gasteiger partial charge in [-0.15, -0.1) is 0 Å². The van der Waals surface area contributed by atoms with E-state index in [0.717, 1.165) is 12.0 Å². The molecule has 0 bridgehead atoms. The number of carbonyl (C=O) groups is 2. The molecule has 2 aromatic rings. The molecule has 6 nitrogen and oxygen atoms in total. The summed E-state index contributed by atoms with van der Waals surface area (Å²) in [5, 5.41) is 8.71. The first kappa shape index (κ1) is 21.0. The van der Waals surface area contributed by atoms with Crippen molar-refractivity contribution in [3.63, 3.8) is 0 Å². The highest BCUT2D eigenvalue weighted by Crippen LogP contribution is 2.24. The zero-order chi connectivity index (χ0) is 20.4. The van der Waals surface area contributed by atoms with Gasteiger partial charge in [-0.05, 0) is 49.2 Å². The maximum Gasteiger partial charge on any atom is 0.251 e. The lowest BCUT2D eigenvalue weighted by atomic mass is 10.2. The average Bonchev–Trinajstić information content (AvgIpc) is 2.70. The van der Waals surface area contributed by atoms with Crippen molar-refractivity contribution >= 4 is 23.2 Å². The summed E-state index contributed by atoms with van der Waals surface area (Å²) in [5.41, 5.74) is 2.75. The zero-order valence-corrected chi connectivity index (χ0v) is 16.4. The van der Waals surface area contributed by atoms with Gasteiger partial charge in [0.15, 0.2) is 0 Å². The van der Waals surface area contributed by atoms with Crippen LogP contribution in [0.25, 0.3) is 0 Å². The molecular formula is C22H27N3O3. The molecule has 148 valence electrons. The minimum atomic E-state index is -0.216. The molecule has 0 radical (unpaired) electrons. The smallest absolute Gasteiger partial charge is 0.251 e. The molecule has 0 aliphatic heterocycles. The standard InChI is InChI=1S/C22H27N3O3/c1-4-12-23-22(27)17-8-7-9-18(13-17)24-14-21(26)25-19-10-5-6-11-20(19)28-15-16(2)3/h5-11,13,24H,2,4,12,14-15H2,1,3H3,(H,23,27)(H,25,26). The van der Waals surface area contributed by atoms with Gasteiger partial charge in [-0.25, -0.2) is 0 Å². The minimum absolute atomic E-state index is 0.0643. The van der Waals surface area contributed by atoms with Crippen LogP contribution >= 0.6 is 0 Å². The van der Waals surface area contributed by atoms with E-state index in [0.29, 0.717) is 35.8 Å². The Labute approximate surface area is 166 Å². The molecule has 0 aliphatic carbocycles. The Bertz CT molecular complexity index is 833. The van der Waals surface area contributed by atoms with Crippen LogP contribution in [0.15, 0.2) is 60.7 Å². The molecular weight excluding hydrogens is 354 g/mol. The van der Waals surface area contributed by atoms with Crippen LogP contribution in [0, 0.1) is 0 Å². The van der Waals surface area contributed by atoms with Crippen LogP contribution in [-0.2, 0) is 4.79 Å². The van der Waals surface area contributed by atoms with Crippen LogP contribution in [0.4, 0.5) is 11.4 Å². The van der Waals surface area contributed by atoms with E-state index in [1.165, 1.54) is 0 Å². The molecule has 0 atom stereocenters. The van der Waals surface area contributed by atoms with E-state index >= 15 is 0 Å². The van der Waals surface area contributed by atoms with Gasteiger partial charge in [0, 0.05) is 17.8 Å². The van der Waals surface area contributed by atoms with E-state index in [1.54, 1.807) is 30.3 Å². The molecule has 0 aromatic heterocycles. The summed E-state index contributed by atoms with van der Waals surface area (Å²) in [5.74, 6) is 0.249. The molecule has 0 heterocycles. The number of hydrogen-bond acceptors (Lipinski definition) is 4. The highest BCUT2D eigenvalue weighted by atomic mass is 16.5. The topological polar surface area (TPSA) is 79.5 Å². The lowest BCUT2D eigenvalue weighted by molar-refractivity contribution is -0.114. The molecule has 0 aliphatic rings. The number of amides is 2. The van der Waals surface area contributed by atoms with Gasteiger partial charge >= 0.3 is 0 Å². The third kappa shape index (κ3) is 6.79. The van der Waals surface area contributed by atoms with Gasteiger partial charge in [0.2, 0.25) is 5.91 Å². The number of nitrogens with one attached hydrogen (secondary N) is 3. The Hall–Kier alpha value is -3.28. The van der Waals surface area contributed by atoms with Crippen LogP contribution in [-0.4, -0.2) is 31.5 Å². The van der Waals surface area contributed by atoms with E-state index in [1.807, 2.05) is 32.0 Å². The van der Waals surface area contributed by atoms with Crippen molar-refractivity contribution < 1.29 is 14.3 Å². The van der Waals surface area contributed by atoms with E-state index in [-0.39, 0.29) is 18.4 Å². The van der Waals surface area contributed by atoms with Gasteiger partial charge in [0.25, 0.3) is 5.91 Å². The summed E-state index contributed by atoms with van der Waals surface area (Å²) >= 11 is 0. The zero-order valence-electron chi connectivity index (χ0n) is 16.4. The third-order valence-corrected chi connectivity index (χ3v) is 3.75. The minimum Gasteiger partial charge on any atom is -0.487 e. The Balaban J connectivity index is 1.93. The van der Waals surface area contributed by atoms with E-state index in [2.05, 4.69) is 22.5 Å². The largest absolute Gasteiger partial charge is 0.487 e. The van der Waals surface area contributed by atoms with Gasteiger partial charge in [-0.1, -0.05) is 31.7 Å². The predicted octanol–water partition coefficient (Wildman–Crippen LogP) is 3.83. The first-order valence-electron chi connectivity index (χ1n) is 9.27. The van der Waals surface area contributed by atoms with Crippen molar-refractivity contribution in [2.24, 2.45) is 0 Å². The van der Waals surface area contributed by atoms with Crippen LogP contribution in [0.1, 0.15) is 30.6 Å². The van der Waals surface area contributed by atoms with Gasteiger partial charge in [0.1, 0.15) is 12.4 Å². The summed E-state index contributed by atoms with van der Waals surface area (Å²) in [4.78, 5) is 24.4. The van der Waals surface area contributed by atoms with Crippen molar-refractivity contribution in [1.82, 2.24) is 5.32 Å². The molecule has 2 rings (SSSR count). The van der Waals surface area contributed by atoms with Crippen molar-refractivity contribution in [3.8, 4) is 5.75 Å². The number of carbonyl (C=O) groups excluding carboxylic acids is 2. The molecule has 6 heteroatoms. The summed E-state index contributed by atoms with van der Waals surface area (Å²) < 4.78 is 5.66. The SMILES string of the molecule is C=C(C)COc1ccccc1NC(=O)CNc1cccc(C(=O)NCCC)c1. The maximum absolute atomic E-state index is 12.3. The van der Waals surface area contributed by atoms with E-state index < -0.39 is 0 Å². The van der Waals surface area contributed by atoms with Crippen LogP contribution in [0.3, 0.4) is 0 Å². The van der Waals surface area contributed by atoms with Gasteiger partial charge in [-0.3, -0.25) is 9.59 Å². The Morgan fingerprint density at radius 3 is 2.64 bits per heavy atom. The lowest BCUT2D eigenvalue weighted by Crippen LogP contribution is -2.24. The highest BCUT2D eigenvalue weighted by molar-refractivity contribution is 5.96. The van der Waals surface area contributed by atoms with E-state index in [4.69, 9.17) is 4.74 Å². The fraction of sp³-hybridized carbons (Fsp3) is 0.273. The van der Waals surface area contributed by atoms with Gasteiger partial charge in [-0.2, -0.15) is 0 Å². The Morgan fingerprint density at radius 1 is 1.11 bits per heavy atom. The Kier molecular flexibility index (Phi) is 8.09. The van der Waals surface area contributed by atoms with Crippen molar-refractivity contribution in [1.29, 1.82) is 0 Å². The predicted molar refractivity (Wildman–Crippen MR) is 113 cm³/mol. The fourth-order valence-electron chi connectivity index (χ4n) is 2.38. The second kappa shape index (κ2) is 10.8. The lowest BCUT2D eigenvalue weighted by Gasteiger charge is -2.13. The third-order valence-electron chi connectivity index (χ3n) is 3.75. The first-order valence-corrected chi connectivity index (χ1v) is 9.27. The molecule has 0 spiro atoms. The van der Waals surface area contributed by atoms with Crippen LogP contribution in [0.2, 0.25) is 0 Å². The highest BCUT2D eigenvalue weighted by Gasteiger charge is 2.09. The summed E-state index contributed by atoms with van der Waals surface area (Å²) in [6.45, 7) is 8.77. The van der Waals surface area contributed by atoms with Gasteiger partial charge in [0.05, 0.1) is 12.2 Å². The number of anilines is 2. The summed E-state index contributed by atoms with van der Waals surface area (Å²) in [6, 6.07) is 14.3. The molecule has 0 saturated carbocycles. The van der Waals surface area contributed by atoms with Crippen LogP contribution < -0.4 is 20.7 Å². The molecule has 0 unspecified atom stereocenters. The molecule has 0 fully saturated rings. The second-order valence-electron chi connectivity index (χ2n) is 6.48. The first-order chi connectivity index (χ1) is 13.5. The monoisotopic (exact) mass is 381 g/mol. The fourth-order valence-corrected chi connectivity index (χ4v) is 2.38. The van der Waals surface area contributed by atoms with Crippen molar-refractivity contribution in [3.05, 3.63) is 66.2 Å². The molecule has 2 amide bonds. The second-order valence-corrected chi connectivity index (χ2v) is 6.48. The number of para-hydroxylation sites is 2. The number of rotatable bonds is 10. The summed E-state index contributed by atoms with van der Waals surface area (Å²) in [7, 11) is 0. The molecule has 2 aromatic carbocycles. The Morgan fingerprint density at radius 2 is 1.89 bits per heavy atom. The normalized spacial score (nSPS) is 10.1. The number of ether oxygens (including phenoxy) is 1.